The molecular formula is C17H21N3O4. The molecule has 1 aromatic rings. The highest BCUT2D eigenvalue weighted by atomic mass is 16.4. The predicted octanol–water partition coefficient (Wildman–Crippen LogP) is 0.979. The van der Waals surface area contributed by atoms with Crippen molar-refractivity contribution in [2.75, 3.05) is 19.6 Å². The summed E-state index contributed by atoms with van der Waals surface area (Å²) < 4.78 is 0. The molecule has 7 nitrogen and oxygen atoms in total. The molecule has 1 fully saturated rings. The summed E-state index contributed by atoms with van der Waals surface area (Å²) in [5, 5.41) is 14.7. The van der Waals surface area contributed by atoms with Gasteiger partial charge in [-0.25, -0.2) is 4.79 Å². The fraction of sp³-hybridized carbons (Fsp3) is 0.471. The quantitative estimate of drug-likeness (QED) is 0.769. The van der Waals surface area contributed by atoms with E-state index in [9.17, 15) is 14.4 Å². The number of urea groups is 1. The molecule has 1 atom stereocenters. The van der Waals surface area contributed by atoms with Crippen molar-refractivity contribution in [2.24, 2.45) is 5.92 Å². The predicted molar refractivity (Wildman–Crippen MR) is 86.6 cm³/mol. The van der Waals surface area contributed by atoms with Crippen LogP contribution < -0.4 is 10.6 Å². The summed E-state index contributed by atoms with van der Waals surface area (Å²) in [5.74, 6) is -1.42. The maximum atomic E-state index is 12.2. The standard InChI is InChI=1S/C17H21N3O4/c21-15-14-8-11(3-4-12(14)5-6-18-15)9-19-17(24)20-7-1-2-13(10-20)16(22)23/h3-4,8,13H,1-2,5-7,9-10H2,(H,18,21)(H,19,24)(H,22,23). The summed E-state index contributed by atoms with van der Waals surface area (Å²) in [6.45, 7) is 1.78. The van der Waals surface area contributed by atoms with E-state index in [1.165, 1.54) is 0 Å². The number of hydrogen-bond acceptors (Lipinski definition) is 3. The third kappa shape index (κ3) is 3.50. The van der Waals surface area contributed by atoms with Gasteiger partial charge in [-0.3, -0.25) is 9.59 Å². The molecule has 128 valence electrons. The zero-order valence-corrected chi connectivity index (χ0v) is 13.4. The van der Waals surface area contributed by atoms with Gasteiger partial charge < -0.3 is 20.6 Å². The number of nitrogens with one attached hydrogen (secondary N) is 2. The number of carboxylic acids is 1. The number of aliphatic carboxylic acids is 1. The lowest BCUT2D eigenvalue weighted by atomic mass is 9.98. The molecule has 0 aliphatic carbocycles. The minimum absolute atomic E-state index is 0.0789. The van der Waals surface area contributed by atoms with Gasteiger partial charge in [0.25, 0.3) is 5.91 Å². The van der Waals surface area contributed by atoms with Gasteiger partial charge in [-0.1, -0.05) is 12.1 Å². The van der Waals surface area contributed by atoms with E-state index in [2.05, 4.69) is 10.6 Å². The summed E-state index contributed by atoms with van der Waals surface area (Å²) in [7, 11) is 0. The van der Waals surface area contributed by atoms with Crippen LogP contribution in [0.1, 0.15) is 34.3 Å². The molecule has 1 saturated heterocycles. The minimum atomic E-state index is -0.854. The summed E-state index contributed by atoms with van der Waals surface area (Å²) in [5.41, 5.74) is 2.54. The number of carbonyl (C=O) groups is 3. The molecule has 7 heteroatoms. The highest BCUT2D eigenvalue weighted by Gasteiger charge is 2.28. The van der Waals surface area contributed by atoms with Crippen LogP contribution in [0.2, 0.25) is 0 Å². The Bertz CT molecular complexity index is 674. The molecule has 0 spiro atoms. The third-order valence-electron chi connectivity index (χ3n) is 4.60. The molecule has 2 aliphatic rings. The highest BCUT2D eigenvalue weighted by molar-refractivity contribution is 5.96. The van der Waals surface area contributed by atoms with E-state index in [0.29, 0.717) is 38.0 Å². The maximum Gasteiger partial charge on any atom is 0.317 e. The van der Waals surface area contributed by atoms with Crippen molar-refractivity contribution in [3.63, 3.8) is 0 Å². The number of rotatable bonds is 3. The number of amides is 3. The lowest BCUT2D eigenvalue weighted by Gasteiger charge is -2.30. The largest absolute Gasteiger partial charge is 0.481 e. The van der Waals surface area contributed by atoms with Crippen molar-refractivity contribution >= 4 is 17.9 Å². The fourth-order valence-electron chi connectivity index (χ4n) is 3.22. The number of carbonyl (C=O) groups excluding carboxylic acids is 2. The lowest BCUT2D eigenvalue weighted by molar-refractivity contribution is -0.143. The van der Waals surface area contributed by atoms with Gasteiger partial charge >= 0.3 is 12.0 Å². The van der Waals surface area contributed by atoms with Gasteiger partial charge in [-0.2, -0.15) is 0 Å². The smallest absolute Gasteiger partial charge is 0.317 e. The second kappa shape index (κ2) is 6.90. The average Bonchev–Trinajstić information content (AvgIpc) is 2.60. The van der Waals surface area contributed by atoms with Crippen molar-refractivity contribution < 1.29 is 19.5 Å². The van der Waals surface area contributed by atoms with Crippen LogP contribution in [-0.2, 0) is 17.8 Å². The van der Waals surface area contributed by atoms with E-state index >= 15 is 0 Å². The van der Waals surface area contributed by atoms with Gasteiger partial charge in [-0.05, 0) is 36.5 Å². The molecule has 1 unspecified atom stereocenters. The molecular weight excluding hydrogens is 310 g/mol. The summed E-state index contributed by atoms with van der Waals surface area (Å²) in [6.07, 6.45) is 2.13. The minimum Gasteiger partial charge on any atom is -0.481 e. The zero-order valence-electron chi connectivity index (χ0n) is 13.4. The molecule has 3 N–H and O–H groups in total. The molecule has 0 aromatic heterocycles. The number of hydrogen-bond donors (Lipinski definition) is 3. The van der Waals surface area contributed by atoms with Crippen molar-refractivity contribution in [2.45, 2.75) is 25.8 Å². The van der Waals surface area contributed by atoms with Gasteiger partial charge in [-0.15, -0.1) is 0 Å². The van der Waals surface area contributed by atoms with E-state index in [0.717, 1.165) is 17.5 Å². The van der Waals surface area contributed by atoms with Gasteiger partial charge in [0.2, 0.25) is 0 Å². The Morgan fingerprint density at radius 3 is 3.00 bits per heavy atom. The summed E-state index contributed by atoms with van der Waals surface area (Å²) >= 11 is 0. The monoisotopic (exact) mass is 331 g/mol. The third-order valence-corrected chi connectivity index (χ3v) is 4.60. The van der Waals surface area contributed by atoms with Gasteiger partial charge in [0.1, 0.15) is 0 Å². The molecule has 3 amide bonds. The Labute approximate surface area is 140 Å². The van der Waals surface area contributed by atoms with Crippen LogP contribution in [-0.4, -0.2) is 47.5 Å². The highest BCUT2D eigenvalue weighted by Crippen LogP contribution is 2.18. The van der Waals surface area contributed by atoms with Crippen molar-refractivity contribution in [3.8, 4) is 0 Å². The first-order chi connectivity index (χ1) is 11.5. The van der Waals surface area contributed by atoms with E-state index in [-0.39, 0.29) is 18.5 Å². The van der Waals surface area contributed by atoms with Gasteiger partial charge in [0, 0.05) is 31.7 Å². The molecule has 24 heavy (non-hydrogen) atoms. The van der Waals surface area contributed by atoms with Crippen LogP contribution in [0, 0.1) is 5.92 Å². The Morgan fingerprint density at radius 2 is 2.21 bits per heavy atom. The fourth-order valence-corrected chi connectivity index (χ4v) is 3.22. The second-order valence-corrected chi connectivity index (χ2v) is 6.28. The topological polar surface area (TPSA) is 98.7 Å². The van der Waals surface area contributed by atoms with Crippen molar-refractivity contribution in [1.82, 2.24) is 15.5 Å². The van der Waals surface area contributed by atoms with E-state index in [1.54, 1.807) is 11.0 Å². The van der Waals surface area contributed by atoms with Crippen LogP contribution in [0.4, 0.5) is 4.79 Å². The molecule has 3 rings (SSSR count). The first-order valence-electron chi connectivity index (χ1n) is 8.20. The van der Waals surface area contributed by atoms with Gasteiger partial charge in [0.15, 0.2) is 0 Å². The average molecular weight is 331 g/mol. The molecule has 0 bridgehead atoms. The number of benzene rings is 1. The van der Waals surface area contributed by atoms with Gasteiger partial charge in [0.05, 0.1) is 5.92 Å². The number of fused-ring (bicyclic) bond motifs is 1. The van der Waals surface area contributed by atoms with E-state index in [4.69, 9.17) is 5.11 Å². The zero-order chi connectivity index (χ0) is 17.1. The Morgan fingerprint density at radius 1 is 1.38 bits per heavy atom. The summed E-state index contributed by atoms with van der Waals surface area (Å²) in [6, 6.07) is 5.38. The number of nitrogens with zero attached hydrogens (tertiary/aromatic N) is 1. The summed E-state index contributed by atoms with van der Waals surface area (Å²) in [4.78, 5) is 36.7. The number of likely N-dealkylation sites (tertiary alicyclic amines) is 1. The first kappa shape index (κ1) is 16.3. The van der Waals surface area contributed by atoms with E-state index in [1.807, 2.05) is 12.1 Å². The van der Waals surface area contributed by atoms with Crippen LogP contribution in [0.25, 0.3) is 0 Å². The van der Waals surface area contributed by atoms with Crippen LogP contribution >= 0.6 is 0 Å². The Hall–Kier alpha value is -2.57. The van der Waals surface area contributed by atoms with E-state index < -0.39 is 11.9 Å². The molecule has 2 heterocycles. The van der Waals surface area contributed by atoms with Crippen LogP contribution in [0.15, 0.2) is 18.2 Å². The second-order valence-electron chi connectivity index (χ2n) is 6.28. The normalized spacial score (nSPS) is 20.1. The van der Waals surface area contributed by atoms with Crippen molar-refractivity contribution in [1.29, 1.82) is 0 Å². The SMILES string of the molecule is O=C1NCCc2ccc(CNC(=O)N3CCCC(C(=O)O)C3)cc21. The number of carboxylic acid groups (broad SMARTS) is 1. The molecule has 0 radical (unpaired) electrons. The van der Waals surface area contributed by atoms with Crippen molar-refractivity contribution in [3.05, 3.63) is 34.9 Å². The molecule has 2 aliphatic heterocycles. The molecule has 1 aromatic carbocycles. The Balaban J connectivity index is 1.59. The molecule has 0 saturated carbocycles. The maximum absolute atomic E-state index is 12.2. The Kier molecular flexibility index (Phi) is 4.69. The first-order valence-corrected chi connectivity index (χ1v) is 8.20. The lowest BCUT2D eigenvalue weighted by Crippen LogP contribution is -2.46. The van der Waals surface area contributed by atoms with Crippen LogP contribution in [0.3, 0.4) is 0 Å². The van der Waals surface area contributed by atoms with Crippen LogP contribution in [0.5, 0.6) is 0 Å². The number of piperidine rings is 1.